The van der Waals surface area contributed by atoms with Crippen LogP contribution in [0.25, 0.3) is 0 Å². The Morgan fingerprint density at radius 1 is 1.59 bits per heavy atom. The summed E-state index contributed by atoms with van der Waals surface area (Å²) in [4.78, 5) is 18.4. The van der Waals surface area contributed by atoms with Crippen LogP contribution in [0.5, 0.6) is 0 Å². The first-order chi connectivity index (χ1) is 8.08. The minimum absolute atomic E-state index is 0.241. The van der Waals surface area contributed by atoms with Gasteiger partial charge in [-0.2, -0.15) is 0 Å². The summed E-state index contributed by atoms with van der Waals surface area (Å²) in [5.41, 5.74) is 0.241. The molecule has 0 amide bonds. The first kappa shape index (κ1) is 12.5. The molecule has 1 saturated heterocycles. The first-order valence-corrected chi connectivity index (χ1v) is 6.83. The van der Waals surface area contributed by atoms with Crippen molar-refractivity contribution in [3.8, 4) is 0 Å². The zero-order chi connectivity index (χ0) is 12.4. The van der Waals surface area contributed by atoms with Crippen LogP contribution in [0.3, 0.4) is 0 Å². The lowest BCUT2D eigenvalue weighted by molar-refractivity contribution is 0.0687. The first-order valence-electron chi connectivity index (χ1n) is 6.01. The van der Waals surface area contributed by atoms with Crippen LogP contribution in [-0.4, -0.2) is 33.5 Å². The number of piperidine rings is 1. The summed E-state index contributed by atoms with van der Waals surface area (Å²) in [5, 5.41) is 9.94. The number of carbonyl (C=O) groups is 1. The number of carboxylic acids is 1. The van der Waals surface area contributed by atoms with Gasteiger partial charge >= 0.3 is 5.97 Å². The van der Waals surface area contributed by atoms with E-state index < -0.39 is 5.97 Å². The third-order valence-electron chi connectivity index (χ3n) is 3.29. The monoisotopic (exact) mass is 254 g/mol. The largest absolute Gasteiger partial charge is 0.476 e. The van der Waals surface area contributed by atoms with E-state index in [0.717, 1.165) is 23.0 Å². The molecule has 1 atom stereocenters. The summed E-state index contributed by atoms with van der Waals surface area (Å²) in [6, 6.07) is 0.549. The van der Waals surface area contributed by atoms with Crippen LogP contribution < -0.4 is 0 Å². The van der Waals surface area contributed by atoms with Gasteiger partial charge in [-0.05, 0) is 33.2 Å². The smallest absolute Gasteiger partial charge is 0.355 e. The number of carboxylic acid groups (broad SMARTS) is 1. The fourth-order valence-corrected chi connectivity index (χ4v) is 3.27. The Bertz CT molecular complexity index is 417. The highest BCUT2D eigenvalue weighted by molar-refractivity contribution is 7.11. The van der Waals surface area contributed by atoms with Gasteiger partial charge in [-0.15, -0.1) is 11.3 Å². The number of nitrogens with zero attached hydrogens (tertiary/aromatic N) is 2. The second-order valence-electron chi connectivity index (χ2n) is 4.63. The Morgan fingerprint density at radius 2 is 2.35 bits per heavy atom. The molecule has 94 valence electrons. The van der Waals surface area contributed by atoms with Gasteiger partial charge in [0.1, 0.15) is 0 Å². The molecule has 1 N–H and O–H groups in total. The second kappa shape index (κ2) is 5.14. The molecule has 0 bridgehead atoms. The number of rotatable bonds is 3. The topological polar surface area (TPSA) is 53.4 Å². The number of aryl methyl sites for hydroxylation is 1. The van der Waals surface area contributed by atoms with Crippen LogP contribution in [0.1, 0.15) is 46.6 Å². The van der Waals surface area contributed by atoms with Crippen LogP contribution >= 0.6 is 11.3 Å². The maximum Gasteiger partial charge on any atom is 0.355 e. The Balaban J connectivity index is 2.14. The van der Waals surface area contributed by atoms with E-state index in [9.17, 15) is 4.79 Å². The predicted octanol–water partition coefficient (Wildman–Crippen LogP) is 2.52. The van der Waals surface area contributed by atoms with E-state index >= 15 is 0 Å². The normalized spacial score (nSPS) is 21.6. The molecule has 0 aliphatic carbocycles. The van der Waals surface area contributed by atoms with Crippen LogP contribution in [-0.2, 0) is 6.54 Å². The zero-order valence-corrected chi connectivity index (χ0v) is 11.1. The summed E-state index contributed by atoms with van der Waals surface area (Å²) in [7, 11) is 0. The van der Waals surface area contributed by atoms with Gasteiger partial charge in [0.25, 0.3) is 0 Å². The molecule has 1 unspecified atom stereocenters. The van der Waals surface area contributed by atoms with E-state index in [1.165, 1.54) is 30.6 Å². The van der Waals surface area contributed by atoms with Crippen molar-refractivity contribution in [2.45, 2.75) is 45.7 Å². The van der Waals surface area contributed by atoms with Crippen molar-refractivity contribution in [3.05, 3.63) is 15.6 Å². The third-order valence-corrected chi connectivity index (χ3v) is 4.25. The summed E-state index contributed by atoms with van der Waals surface area (Å²) < 4.78 is 0. The molecule has 0 saturated carbocycles. The molecule has 0 aromatic carbocycles. The molecule has 1 aromatic rings. The highest BCUT2D eigenvalue weighted by atomic mass is 32.1. The molecule has 4 nitrogen and oxygen atoms in total. The molecule has 0 spiro atoms. The van der Waals surface area contributed by atoms with Gasteiger partial charge < -0.3 is 5.11 Å². The third kappa shape index (κ3) is 2.84. The van der Waals surface area contributed by atoms with Crippen LogP contribution in [0.4, 0.5) is 0 Å². The van der Waals surface area contributed by atoms with Crippen molar-refractivity contribution < 1.29 is 9.90 Å². The van der Waals surface area contributed by atoms with E-state index in [-0.39, 0.29) is 5.69 Å². The highest BCUT2D eigenvalue weighted by Gasteiger charge is 2.23. The van der Waals surface area contributed by atoms with Crippen molar-refractivity contribution >= 4 is 17.3 Å². The van der Waals surface area contributed by atoms with Crippen molar-refractivity contribution in [3.63, 3.8) is 0 Å². The summed E-state index contributed by atoms with van der Waals surface area (Å²) in [5.74, 6) is -0.908. The SMILES string of the molecule is Cc1nc(C(=O)O)c(CN2CCCCC2C)s1. The average molecular weight is 254 g/mol. The van der Waals surface area contributed by atoms with E-state index in [1.54, 1.807) is 0 Å². The fraction of sp³-hybridized carbons (Fsp3) is 0.667. The van der Waals surface area contributed by atoms with Gasteiger partial charge in [0.2, 0.25) is 0 Å². The molecule has 0 radical (unpaired) electrons. The molecule has 5 heteroatoms. The van der Waals surface area contributed by atoms with Crippen molar-refractivity contribution in [2.75, 3.05) is 6.54 Å². The minimum Gasteiger partial charge on any atom is -0.476 e. The van der Waals surface area contributed by atoms with Crippen molar-refractivity contribution in [1.29, 1.82) is 0 Å². The van der Waals surface area contributed by atoms with E-state index in [2.05, 4.69) is 16.8 Å². The summed E-state index contributed by atoms with van der Waals surface area (Å²) in [6.45, 7) is 5.87. The fourth-order valence-electron chi connectivity index (χ4n) is 2.32. The van der Waals surface area contributed by atoms with Gasteiger partial charge in [-0.25, -0.2) is 9.78 Å². The molecule has 1 fully saturated rings. The molecule has 2 rings (SSSR count). The van der Waals surface area contributed by atoms with Crippen LogP contribution in [0.15, 0.2) is 0 Å². The lowest BCUT2D eigenvalue weighted by Crippen LogP contribution is -2.36. The van der Waals surface area contributed by atoms with E-state index in [0.29, 0.717) is 6.04 Å². The van der Waals surface area contributed by atoms with Crippen LogP contribution in [0.2, 0.25) is 0 Å². The number of hydrogen-bond donors (Lipinski definition) is 1. The molecular weight excluding hydrogens is 236 g/mol. The van der Waals surface area contributed by atoms with Gasteiger partial charge in [0, 0.05) is 12.6 Å². The molecule has 1 aromatic heterocycles. The Morgan fingerprint density at radius 3 is 3.00 bits per heavy atom. The predicted molar refractivity (Wildman–Crippen MR) is 67.5 cm³/mol. The molecule has 1 aliphatic heterocycles. The van der Waals surface area contributed by atoms with Gasteiger partial charge in [-0.3, -0.25) is 4.90 Å². The average Bonchev–Trinajstić information content (AvgIpc) is 2.63. The van der Waals surface area contributed by atoms with Crippen molar-refractivity contribution in [1.82, 2.24) is 9.88 Å². The quantitative estimate of drug-likeness (QED) is 0.900. The zero-order valence-electron chi connectivity index (χ0n) is 10.3. The lowest BCUT2D eigenvalue weighted by atomic mass is 10.0. The van der Waals surface area contributed by atoms with Gasteiger partial charge in [-0.1, -0.05) is 6.42 Å². The highest BCUT2D eigenvalue weighted by Crippen LogP contribution is 2.24. The number of likely N-dealkylation sites (tertiary alicyclic amines) is 1. The second-order valence-corrected chi connectivity index (χ2v) is 5.91. The number of aromatic nitrogens is 1. The Labute approximate surface area is 105 Å². The Hall–Kier alpha value is -0.940. The molecule has 17 heavy (non-hydrogen) atoms. The van der Waals surface area contributed by atoms with Crippen LogP contribution in [0, 0.1) is 6.92 Å². The standard InChI is InChI=1S/C12H18N2O2S/c1-8-5-3-4-6-14(8)7-10-11(12(15)16)13-9(2)17-10/h8H,3-7H2,1-2H3,(H,15,16). The maximum atomic E-state index is 11.1. The minimum atomic E-state index is -0.908. The summed E-state index contributed by atoms with van der Waals surface area (Å²) in [6.07, 6.45) is 3.70. The molecule has 1 aliphatic rings. The molecular formula is C12H18N2O2S. The number of thiazole rings is 1. The lowest BCUT2D eigenvalue weighted by Gasteiger charge is -2.32. The van der Waals surface area contributed by atoms with Crippen molar-refractivity contribution in [2.24, 2.45) is 0 Å². The van der Waals surface area contributed by atoms with E-state index in [4.69, 9.17) is 5.11 Å². The maximum absolute atomic E-state index is 11.1. The molecule has 2 heterocycles. The van der Waals surface area contributed by atoms with Gasteiger partial charge in [0.15, 0.2) is 5.69 Å². The number of hydrogen-bond acceptors (Lipinski definition) is 4. The van der Waals surface area contributed by atoms with E-state index in [1.807, 2.05) is 6.92 Å². The van der Waals surface area contributed by atoms with Gasteiger partial charge in [0.05, 0.1) is 9.88 Å². The Kier molecular flexibility index (Phi) is 3.79. The summed E-state index contributed by atoms with van der Waals surface area (Å²) >= 11 is 1.50. The number of aromatic carboxylic acids is 1.